The topological polar surface area (TPSA) is 67.9 Å². The fourth-order valence-corrected chi connectivity index (χ4v) is 4.60. The zero-order valence-electron chi connectivity index (χ0n) is 18.2. The number of likely N-dealkylation sites (tertiary alicyclic amines) is 1. The predicted octanol–water partition coefficient (Wildman–Crippen LogP) is 3.84. The third kappa shape index (κ3) is 4.90. The highest BCUT2D eigenvalue weighted by Crippen LogP contribution is 2.34. The third-order valence-corrected chi connectivity index (χ3v) is 6.75. The number of benzene rings is 1. The fourth-order valence-electron chi connectivity index (χ4n) is 4.60. The summed E-state index contributed by atoms with van der Waals surface area (Å²) in [5.74, 6) is 2.08. The van der Waals surface area contributed by atoms with Gasteiger partial charge in [-0.3, -0.25) is 9.59 Å². The van der Waals surface area contributed by atoms with Crippen molar-refractivity contribution in [2.45, 2.75) is 70.4 Å². The molecule has 6 nitrogen and oxygen atoms in total. The smallest absolute Gasteiger partial charge is 0.225 e. The molecule has 4 rings (SSSR count). The van der Waals surface area contributed by atoms with Crippen LogP contribution in [0.2, 0.25) is 0 Å². The van der Waals surface area contributed by atoms with Crippen molar-refractivity contribution < 1.29 is 19.1 Å². The molecule has 0 bridgehead atoms. The van der Waals surface area contributed by atoms with Crippen molar-refractivity contribution >= 4 is 11.8 Å². The maximum absolute atomic E-state index is 12.8. The van der Waals surface area contributed by atoms with Crippen LogP contribution in [0.3, 0.4) is 0 Å². The van der Waals surface area contributed by atoms with Crippen LogP contribution in [-0.2, 0) is 9.59 Å². The SMILES string of the molecule is COc1cc(C(C)NC(=O)C2CCN(C(=O)C3CC3)CC2)ccc1OC1CCCC1. The Hall–Kier alpha value is -2.24. The zero-order chi connectivity index (χ0) is 21.1. The van der Waals surface area contributed by atoms with Crippen molar-refractivity contribution in [3.8, 4) is 11.5 Å². The van der Waals surface area contributed by atoms with Crippen molar-refractivity contribution in [3.63, 3.8) is 0 Å². The molecule has 1 aromatic carbocycles. The molecule has 164 valence electrons. The van der Waals surface area contributed by atoms with Gasteiger partial charge in [0.15, 0.2) is 11.5 Å². The monoisotopic (exact) mass is 414 g/mol. The number of methoxy groups -OCH3 is 1. The third-order valence-electron chi connectivity index (χ3n) is 6.75. The van der Waals surface area contributed by atoms with E-state index in [9.17, 15) is 9.59 Å². The number of nitrogens with one attached hydrogen (secondary N) is 1. The average Bonchev–Trinajstić information content (AvgIpc) is 3.50. The number of amides is 2. The van der Waals surface area contributed by atoms with E-state index in [0.717, 1.165) is 49.8 Å². The van der Waals surface area contributed by atoms with Gasteiger partial charge in [0.05, 0.1) is 19.3 Å². The Kier molecular flexibility index (Phi) is 6.49. The van der Waals surface area contributed by atoms with Gasteiger partial charge in [0.2, 0.25) is 11.8 Å². The standard InChI is InChI=1S/C24H34N2O4/c1-16(19-9-10-21(22(15-19)29-2)30-20-5-3-4-6-20)25-23(27)17-11-13-26(14-12-17)24(28)18-7-8-18/h9-10,15-18,20H,3-8,11-14H2,1-2H3,(H,25,27). The molecular weight excluding hydrogens is 380 g/mol. The molecule has 2 saturated carbocycles. The molecule has 0 radical (unpaired) electrons. The Bertz CT molecular complexity index is 762. The summed E-state index contributed by atoms with van der Waals surface area (Å²) in [6, 6.07) is 5.82. The molecule has 1 aliphatic heterocycles. The Balaban J connectivity index is 1.31. The number of piperidine rings is 1. The van der Waals surface area contributed by atoms with Crippen LogP contribution in [-0.4, -0.2) is 43.0 Å². The van der Waals surface area contributed by atoms with E-state index in [1.165, 1.54) is 12.8 Å². The molecule has 1 atom stereocenters. The molecule has 6 heteroatoms. The second-order valence-corrected chi connectivity index (χ2v) is 9.04. The number of ether oxygens (including phenoxy) is 2. The maximum Gasteiger partial charge on any atom is 0.225 e. The number of carbonyl (C=O) groups excluding carboxylic acids is 2. The van der Waals surface area contributed by atoms with Crippen molar-refractivity contribution in [2.75, 3.05) is 20.2 Å². The van der Waals surface area contributed by atoms with Gasteiger partial charge in [-0.05, 0) is 76.0 Å². The quantitative estimate of drug-likeness (QED) is 0.736. The highest BCUT2D eigenvalue weighted by Gasteiger charge is 2.36. The first-order chi connectivity index (χ1) is 14.5. The van der Waals surface area contributed by atoms with E-state index in [1.54, 1.807) is 7.11 Å². The van der Waals surface area contributed by atoms with Gasteiger partial charge in [-0.25, -0.2) is 0 Å². The van der Waals surface area contributed by atoms with E-state index in [-0.39, 0.29) is 35.8 Å². The molecule has 2 amide bonds. The number of carbonyl (C=O) groups is 2. The average molecular weight is 415 g/mol. The van der Waals surface area contributed by atoms with Gasteiger partial charge in [-0.2, -0.15) is 0 Å². The van der Waals surface area contributed by atoms with Crippen LogP contribution in [0.5, 0.6) is 11.5 Å². The first-order valence-electron chi connectivity index (χ1n) is 11.5. The van der Waals surface area contributed by atoms with Gasteiger partial charge in [0.1, 0.15) is 0 Å². The van der Waals surface area contributed by atoms with Crippen LogP contribution in [0.15, 0.2) is 18.2 Å². The van der Waals surface area contributed by atoms with Crippen LogP contribution < -0.4 is 14.8 Å². The van der Waals surface area contributed by atoms with Crippen LogP contribution in [0, 0.1) is 11.8 Å². The lowest BCUT2D eigenvalue weighted by Crippen LogP contribution is -2.44. The van der Waals surface area contributed by atoms with Gasteiger partial charge < -0.3 is 19.7 Å². The molecule has 0 spiro atoms. The van der Waals surface area contributed by atoms with Crippen LogP contribution >= 0.6 is 0 Å². The largest absolute Gasteiger partial charge is 0.493 e. The molecule has 1 N–H and O–H groups in total. The van der Waals surface area contributed by atoms with Crippen LogP contribution in [0.25, 0.3) is 0 Å². The summed E-state index contributed by atoms with van der Waals surface area (Å²) in [6.45, 7) is 3.39. The molecule has 3 aliphatic rings. The van der Waals surface area contributed by atoms with Crippen LogP contribution in [0.4, 0.5) is 0 Å². The van der Waals surface area contributed by atoms with E-state index < -0.39 is 0 Å². The summed E-state index contributed by atoms with van der Waals surface area (Å²) in [4.78, 5) is 26.9. The molecule has 1 aromatic rings. The Morgan fingerprint density at radius 2 is 1.70 bits per heavy atom. The molecule has 1 heterocycles. The summed E-state index contributed by atoms with van der Waals surface area (Å²) < 4.78 is 11.7. The van der Waals surface area contributed by atoms with Crippen molar-refractivity contribution in [3.05, 3.63) is 23.8 Å². The minimum atomic E-state index is -0.113. The molecule has 2 aliphatic carbocycles. The van der Waals surface area contributed by atoms with Gasteiger partial charge in [0, 0.05) is 24.9 Å². The normalized spacial score (nSPS) is 21.3. The van der Waals surface area contributed by atoms with Crippen molar-refractivity contribution in [2.24, 2.45) is 11.8 Å². The summed E-state index contributed by atoms with van der Waals surface area (Å²) >= 11 is 0. The maximum atomic E-state index is 12.8. The summed E-state index contributed by atoms with van der Waals surface area (Å²) in [5, 5.41) is 3.15. The van der Waals surface area contributed by atoms with E-state index >= 15 is 0 Å². The Labute approximate surface area is 179 Å². The summed E-state index contributed by atoms with van der Waals surface area (Å²) in [7, 11) is 1.65. The Morgan fingerprint density at radius 1 is 1.00 bits per heavy atom. The molecule has 1 unspecified atom stereocenters. The number of rotatable bonds is 7. The lowest BCUT2D eigenvalue weighted by Gasteiger charge is -2.32. The fraction of sp³-hybridized carbons (Fsp3) is 0.667. The highest BCUT2D eigenvalue weighted by atomic mass is 16.5. The Morgan fingerprint density at radius 3 is 2.33 bits per heavy atom. The van der Waals surface area contributed by atoms with E-state index in [4.69, 9.17) is 9.47 Å². The first-order valence-corrected chi connectivity index (χ1v) is 11.5. The summed E-state index contributed by atoms with van der Waals surface area (Å²) in [5.41, 5.74) is 1.00. The molecule has 0 aromatic heterocycles. The van der Waals surface area contributed by atoms with E-state index in [0.29, 0.717) is 18.8 Å². The zero-order valence-corrected chi connectivity index (χ0v) is 18.2. The molecule has 1 saturated heterocycles. The lowest BCUT2D eigenvalue weighted by atomic mass is 9.95. The van der Waals surface area contributed by atoms with Crippen molar-refractivity contribution in [1.82, 2.24) is 10.2 Å². The van der Waals surface area contributed by atoms with Gasteiger partial charge >= 0.3 is 0 Å². The van der Waals surface area contributed by atoms with Gasteiger partial charge in [-0.15, -0.1) is 0 Å². The minimum absolute atomic E-state index is 0.0254. The minimum Gasteiger partial charge on any atom is -0.493 e. The number of hydrogen-bond acceptors (Lipinski definition) is 4. The number of nitrogens with zero attached hydrogens (tertiary/aromatic N) is 1. The highest BCUT2D eigenvalue weighted by molar-refractivity contribution is 5.82. The second-order valence-electron chi connectivity index (χ2n) is 9.04. The summed E-state index contributed by atoms with van der Waals surface area (Å²) in [6.07, 6.45) is 8.48. The van der Waals surface area contributed by atoms with Crippen molar-refractivity contribution in [1.29, 1.82) is 0 Å². The molecule has 3 fully saturated rings. The van der Waals surface area contributed by atoms with Gasteiger partial charge in [0.25, 0.3) is 0 Å². The molecular formula is C24H34N2O4. The number of hydrogen-bond donors (Lipinski definition) is 1. The lowest BCUT2D eigenvalue weighted by molar-refractivity contribution is -0.136. The second kappa shape index (κ2) is 9.27. The van der Waals surface area contributed by atoms with E-state index in [2.05, 4.69) is 5.32 Å². The molecule has 30 heavy (non-hydrogen) atoms. The van der Waals surface area contributed by atoms with E-state index in [1.807, 2.05) is 30.0 Å². The first kappa shape index (κ1) is 21.0. The predicted molar refractivity (Wildman–Crippen MR) is 114 cm³/mol. The van der Waals surface area contributed by atoms with Crippen LogP contribution in [0.1, 0.15) is 69.9 Å². The van der Waals surface area contributed by atoms with Gasteiger partial charge in [-0.1, -0.05) is 6.07 Å².